The smallest absolute Gasteiger partial charge is 0.335 e. The molecule has 9 nitrogen and oxygen atoms in total. The van der Waals surface area contributed by atoms with Crippen LogP contribution in [0.25, 0.3) is 6.08 Å². The first-order valence-electron chi connectivity index (χ1n) is 8.41. The molecular formula is C19H15N3O6S. The molecule has 1 saturated heterocycles. The first-order chi connectivity index (χ1) is 13.9. The lowest BCUT2D eigenvalue weighted by atomic mass is 10.1. The fourth-order valence-corrected chi connectivity index (χ4v) is 3.44. The minimum atomic E-state index is -0.881. The lowest BCUT2D eigenvalue weighted by Crippen LogP contribution is -2.54. The van der Waals surface area contributed by atoms with E-state index in [1.54, 1.807) is 30.3 Å². The van der Waals surface area contributed by atoms with Crippen molar-refractivity contribution in [3.05, 3.63) is 69.8 Å². The molecule has 2 N–H and O–H groups in total. The molecule has 0 aliphatic carbocycles. The van der Waals surface area contributed by atoms with E-state index in [9.17, 15) is 24.5 Å². The van der Waals surface area contributed by atoms with Crippen LogP contribution in [0.2, 0.25) is 0 Å². The van der Waals surface area contributed by atoms with E-state index in [1.165, 1.54) is 24.3 Å². The van der Waals surface area contributed by atoms with E-state index in [4.69, 9.17) is 5.11 Å². The minimum absolute atomic E-state index is 0.133. The minimum Gasteiger partial charge on any atom is -0.396 e. The number of aliphatic hydroxyl groups excluding tert-OH is 1. The SMILES string of the molecule is O=C1NC(=O)N(c2ccccc2)C(=O)/C1=C\c1ccc(SCCO)c([N+](=O)[O-])c1. The van der Waals surface area contributed by atoms with Gasteiger partial charge in [-0.05, 0) is 29.8 Å². The Labute approximate surface area is 169 Å². The second-order valence-corrected chi connectivity index (χ2v) is 6.99. The zero-order valence-electron chi connectivity index (χ0n) is 14.9. The lowest BCUT2D eigenvalue weighted by Gasteiger charge is -2.26. The van der Waals surface area contributed by atoms with E-state index >= 15 is 0 Å². The number of imide groups is 2. The normalized spacial score (nSPS) is 15.6. The van der Waals surface area contributed by atoms with Gasteiger partial charge in [0.1, 0.15) is 5.57 Å². The van der Waals surface area contributed by atoms with Crippen LogP contribution in [0.5, 0.6) is 0 Å². The van der Waals surface area contributed by atoms with Crippen LogP contribution in [0.15, 0.2) is 59.0 Å². The van der Waals surface area contributed by atoms with Gasteiger partial charge in [-0.2, -0.15) is 0 Å². The van der Waals surface area contributed by atoms with E-state index in [0.717, 1.165) is 16.7 Å². The van der Waals surface area contributed by atoms with Crippen molar-refractivity contribution in [2.75, 3.05) is 17.3 Å². The lowest BCUT2D eigenvalue weighted by molar-refractivity contribution is -0.387. The summed E-state index contributed by atoms with van der Waals surface area (Å²) in [5.41, 5.74) is 0.0111. The predicted octanol–water partition coefficient (Wildman–Crippen LogP) is 2.35. The fourth-order valence-electron chi connectivity index (χ4n) is 2.68. The molecule has 1 aliphatic heterocycles. The summed E-state index contributed by atoms with van der Waals surface area (Å²) in [4.78, 5) is 49.1. The number of thioether (sulfide) groups is 1. The summed E-state index contributed by atoms with van der Waals surface area (Å²) in [6, 6.07) is 11.4. The number of nitro groups is 1. The average Bonchev–Trinajstić information content (AvgIpc) is 2.70. The van der Waals surface area contributed by atoms with E-state index in [0.29, 0.717) is 4.90 Å². The van der Waals surface area contributed by atoms with Crippen molar-refractivity contribution in [1.82, 2.24) is 5.32 Å². The van der Waals surface area contributed by atoms with Gasteiger partial charge in [-0.3, -0.25) is 25.0 Å². The van der Waals surface area contributed by atoms with Crippen molar-refractivity contribution in [2.24, 2.45) is 0 Å². The Morgan fingerprint density at radius 1 is 1.14 bits per heavy atom. The first-order valence-corrected chi connectivity index (χ1v) is 9.39. The number of hydrogen-bond donors (Lipinski definition) is 2. The molecule has 10 heteroatoms. The van der Waals surface area contributed by atoms with Crippen molar-refractivity contribution >= 4 is 47.1 Å². The van der Waals surface area contributed by atoms with Gasteiger partial charge in [0.05, 0.1) is 22.1 Å². The summed E-state index contributed by atoms with van der Waals surface area (Å²) < 4.78 is 0. The van der Waals surface area contributed by atoms with Crippen molar-refractivity contribution in [1.29, 1.82) is 0 Å². The van der Waals surface area contributed by atoms with Crippen LogP contribution >= 0.6 is 11.8 Å². The molecule has 0 saturated carbocycles. The number of barbiturate groups is 1. The average molecular weight is 413 g/mol. The number of carbonyl (C=O) groups excluding carboxylic acids is 3. The highest BCUT2D eigenvalue weighted by Crippen LogP contribution is 2.31. The standard InChI is InChI=1S/C19H15N3O6S/c23-8-9-29-16-7-6-12(11-15(16)22(27)28)10-14-17(24)20-19(26)21(18(14)25)13-4-2-1-3-5-13/h1-7,10-11,23H,8-9H2,(H,20,24,26)/b14-10-. The summed E-state index contributed by atoms with van der Waals surface area (Å²) in [5.74, 6) is -1.42. The topological polar surface area (TPSA) is 130 Å². The Morgan fingerprint density at radius 3 is 2.52 bits per heavy atom. The Balaban J connectivity index is 1.99. The third-order valence-electron chi connectivity index (χ3n) is 3.96. The number of anilines is 1. The molecule has 2 aromatic rings. The maximum absolute atomic E-state index is 12.8. The summed E-state index contributed by atoms with van der Waals surface area (Å²) >= 11 is 1.12. The first kappa shape index (κ1) is 20.2. The molecule has 0 unspecified atom stereocenters. The van der Waals surface area contributed by atoms with Crippen LogP contribution in [0.4, 0.5) is 16.2 Å². The number of urea groups is 1. The van der Waals surface area contributed by atoms with Crippen molar-refractivity contribution < 1.29 is 24.4 Å². The van der Waals surface area contributed by atoms with E-state index in [2.05, 4.69) is 5.32 Å². The number of nitrogens with one attached hydrogen (secondary N) is 1. The van der Waals surface area contributed by atoms with Gasteiger partial charge in [0.2, 0.25) is 0 Å². The maximum atomic E-state index is 12.8. The number of benzene rings is 2. The number of rotatable bonds is 6. The van der Waals surface area contributed by atoms with Crippen LogP contribution < -0.4 is 10.2 Å². The van der Waals surface area contributed by atoms with Gasteiger partial charge in [-0.25, -0.2) is 9.69 Å². The number of para-hydroxylation sites is 1. The Bertz CT molecular complexity index is 1020. The van der Waals surface area contributed by atoms with Gasteiger partial charge < -0.3 is 5.11 Å². The number of aliphatic hydroxyl groups is 1. The molecule has 1 fully saturated rings. The molecule has 29 heavy (non-hydrogen) atoms. The predicted molar refractivity (Wildman–Crippen MR) is 106 cm³/mol. The van der Waals surface area contributed by atoms with Crippen LogP contribution in [0.1, 0.15) is 5.56 Å². The number of amides is 4. The monoisotopic (exact) mass is 413 g/mol. The highest BCUT2D eigenvalue weighted by Gasteiger charge is 2.36. The molecule has 0 spiro atoms. The number of hydrogen-bond acceptors (Lipinski definition) is 7. The second-order valence-electron chi connectivity index (χ2n) is 5.85. The molecule has 0 bridgehead atoms. The third kappa shape index (κ3) is 4.33. The largest absolute Gasteiger partial charge is 0.396 e. The Hall–Kier alpha value is -3.50. The molecule has 0 atom stereocenters. The number of nitro benzene ring substituents is 1. The zero-order valence-corrected chi connectivity index (χ0v) is 15.7. The van der Waals surface area contributed by atoms with Gasteiger partial charge in [0, 0.05) is 11.8 Å². The summed E-state index contributed by atoms with van der Waals surface area (Å²) in [6.45, 7) is -0.133. The van der Waals surface area contributed by atoms with E-state index < -0.39 is 22.8 Å². The van der Waals surface area contributed by atoms with Crippen LogP contribution in [0.3, 0.4) is 0 Å². The molecule has 4 amide bonds. The van der Waals surface area contributed by atoms with Crippen molar-refractivity contribution in [3.8, 4) is 0 Å². The van der Waals surface area contributed by atoms with Gasteiger partial charge in [-0.1, -0.05) is 24.3 Å². The fraction of sp³-hybridized carbons (Fsp3) is 0.105. The molecule has 0 radical (unpaired) electrons. The highest BCUT2D eigenvalue weighted by molar-refractivity contribution is 7.99. The molecule has 1 aliphatic rings. The van der Waals surface area contributed by atoms with Gasteiger partial charge in [0.25, 0.3) is 17.5 Å². The molecule has 3 rings (SSSR count). The second kappa shape index (κ2) is 8.67. The van der Waals surface area contributed by atoms with Crippen LogP contribution in [-0.4, -0.2) is 40.2 Å². The number of nitrogens with zero attached hydrogens (tertiary/aromatic N) is 2. The maximum Gasteiger partial charge on any atom is 0.335 e. The molecule has 0 aromatic heterocycles. The third-order valence-corrected chi connectivity index (χ3v) is 5.00. The molecule has 1 heterocycles. The van der Waals surface area contributed by atoms with Gasteiger partial charge >= 0.3 is 6.03 Å². The van der Waals surface area contributed by atoms with Crippen LogP contribution in [0, 0.1) is 10.1 Å². The van der Waals surface area contributed by atoms with Gasteiger partial charge in [0.15, 0.2) is 0 Å². The zero-order chi connectivity index (χ0) is 21.0. The Morgan fingerprint density at radius 2 is 1.86 bits per heavy atom. The molecule has 2 aromatic carbocycles. The van der Waals surface area contributed by atoms with Crippen molar-refractivity contribution in [3.63, 3.8) is 0 Å². The van der Waals surface area contributed by atoms with Crippen molar-refractivity contribution in [2.45, 2.75) is 4.90 Å². The van der Waals surface area contributed by atoms with Gasteiger partial charge in [-0.15, -0.1) is 11.8 Å². The molecule has 148 valence electrons. The van der Waals surface area contributed by atoms with E-state index in [1.807, 2.05) is 0 Å². The summed E-state index contributed by atoms with van der Waals surface area (Å²) in [5, 5.41) is 22.4. The Kier molecular flexibility index (Phi) is 6.05. The molecular weight excluding hydrogens is 398 g/mol. The summed E-state index contributed by atoms with van der Waals surface area (Å²) in [7, 11) is 0. The van der Waals surface area contributed by atoms with Crippen LogP contribution in [-0.2, 0) is 9.59 Å². The quantitative estimate of drug-likeness (QED) is 0.244. The number of carbonyl (C=O) groups is 3. The summed E-state index contributed by atoms with van der Waals surface area (Å²) in [6.07, 6.45) is 1.20. The van der Waals surface area contributed by atoms with E-state index in [-0.39, 0.29) is 34.9 Å². The highest BCUT2D eigenvalue weighted by atomic mass is 32.2.